The van der Waals surface area contributed by atoms with Crippen LogP contribution in [0.25, 0.3) is 10.2 Å². The summed E-state index contributed by atoms with van der Waals surface area (Å²) in [6, 6.07) is 0. The SMILES string of the molecule is CNc1nc(C[NH+]2CCOCC2)nc2sc3c(c12)CC[C@@H](C)C3. The van der Waals surface area contributed by atoms with E-state index >= 15 is 0 Å². The summed E-state index contributed by atoms with van der Waals surface area (Å²) in [7, 11) is 1.97. The third kappa shape index (κ3) is 2.95. The van der Waals surface area contributed by atoms with Crippen LogP contribution in [0.15, 0.2) is 0 Å². The molecule has 2 N–H and O–H groups in total. The lowest BCUT2D eigenvalue weighted by atomic mass is 9.89. The van der Waals surface area contributed by atoms with E-state index < -0.39 is 0 Å². The van der Waals surface area contributed by atoms with Crippen molar-refractivity contribution < 1.29 is 9.64 Å². The molecule has 2 aromatic rings. The second-order valence-corrected chi connectivity index (χ2v) is 7.89. The number of rotatable bonds is 3. The van der Waals surface area contributed by atoms with Gasteiger partial charge in [-0.1, -0.05) is 6.92 Å². The molecule has 1 saturated heterocycles. The maximum atomic E-state index is 5.45. The molecule has 0 saturated carbocycles. The molecule has 124 valence electrons. The molecule has 2 aliphatic rings. The molecule has 0 bridgehead atoms. The van der Waals surface area contributed by atoms with Crippen molar-refractivity contribution in [1.82, 2.24) is 9.97 Å². The van der Waals surface area contributed by atoms with Crippen molar-refractivity contribution in [1.29, 1.82) is 0 Å². The number of hydrogen-bond acceptors (Lipinski definition) is 5. The van der Waals surface area contributed by atoms with E-state index in [1.807, 2.05) is 18.4 Å². The van der Waals surface area contributed by atoms with E-state index in [1.54, 1.807) is 0 Å². The van der Waals surface area contributed by atoms with Crippen LogP contribution in [-0.2, 0) is 24.1 Å². The number of fused-ring (bicyclic) bond motifs is 3. The summed E-state index contributed by atoms with van der Waals surface area (Å²) >= 11 is 1.88. The first kappa shape index (κ1) is 15.3. The van der Waals surface area contributed by atoms with Crippen molar-refractivity contribution in [2.75, 3.05) is 38.7 Å². The molecule has 1 atom stereocenters. The third-order valence-corrected chi connectivity index (χ3v) is 6.19. The van der Waals surface area contributed by atoms with Crippen LogP contribution in [0.1, 0.15) is 29.6 Å². The Morgan fingerprint density at radius 1 is 1.30 bits per heavy atom. The van der Waals surface area contributed by atoms with E-state index in [0.29, 0.717) is 0 Å². The fraction of sp³-hybridized carbons (Fsp3) is 0.647. The molecule has 3 heterocycles. The minimum atomic E-state index is 0.791. The predicted octanol–water partition coefficient (Wildman–Crippen LogP) is 1.27. The molecule has 1 aliphatic carbocycles. The summed E-state index contributed by atoms with van der Waals surface area (Å²) in [6.45, 7) is 7.05. The Morgan fingerprint density at radius 2 is 2.13 bits per heavy atom. The van der Waals surface area contributed by atoms with Gasteiger partial charge < -0.3 is 15.0 Å². The van der Waals surface area contributed by atoms with Gasteiger partial charge in [0.15, 0.2) is 5.82 Å². The van der Waals surface area contributed by atoms with Crippen LogP contribution < -0.4 is 10.2 Å². The number of quaternary nitrogens is 1. The Bertz CT molecular complexity index is 708. The van der Waals surface area contributed by atoms with Crippen molar-refractivity contribution in [2.45, 2.75) is 32.7 Å². The van der Waals surface area contributed by atoms with Gasteiger partial charge in [-0.3, -0.25) is 0 Å². The number of aryl methyl sites for hydroxylation is 1. The van der Waals surface area contributed by atoms with Crippen LogP contribution in [-0.4, -0.2) is 43.3 Å². The first-order valence-corrected chi connectivity index (χ1v) is 9.46. The molecule has 4 rings (SSSR count). The summed E-state index contributed by atoms with van der Waals surface area (Å²) < 4.78 is 5.45. The fourth-order valence-electron chi connectivity index (χ4n) is 3.71. The fourth-order valence-corrected chi connectivity index (χ4v) is 5.11. The molecule has 6 heteroatoms. The Hall–Kier alpha value is -1.24. The molecule has 1 aliphatic heterocycles. The maximum absolute atomic E-state index is 5.45. The van der Waals surface area contributed by atoms with E-state index in [0.717, 1.165) is 50.4 Å². The highest BCUT2D eigenvalue weighted by atomic mass is 32.1. The zero-order valence-electron chi connectivity index (χ0n) is 13.9. The summed E-state index contributed by atoms with van der Waals surface area (Å²) in [6.07, 6.45) is 3.65. The Balaban J connectivity index is 1.70. The average molecular weight is 333 g/mol. The molecule has 0 amide bonds. The van der Waals surface area contributed by atoms with Crippen LogP contribution in [0.5, 0.6) is 0 Å². The predicted molar refractivity (Wildman–Crippen MR) is 93.4 cm³/mol. The quantitative estimate of drug-likeness (QED) is 0.888. The van der Waals surface area contributed by atoms with Crippen molar-refractivity contribution in [3.05, 3.63) is 16.3 Å². The van der Waals surface area contributed by atoms with Gasteiger partial charge in [-0.05, 0) is 30.7 Å². The van der Waals surface area contributed by atoms with Crippen LogP contribution in [0.3, 0.4) is 0 Å². The standard InChI is InChI=1S/C17H24N4OS/c1-11-3-4-12-13(9-11)23-17-15(12)16(18-2)19-14(20-17)10-21-5-7-22-8-6-21/h11H,3-10H2,1-2H3,(H,18,19,20)/p+1/t11-/m1/s1. The van der Waals surface area contributed by atoms with Gasteiger partial charge in [-0.25, -0.2) is 9.97 Å². The van der Waals surface area contributed by atoms with Crippen LogP contribution in [0.2, 0.25) is 0 Å². The average Bonchev–Trinajstić information content (AvgIpc) is 2.92. The zero-order chi connectivity index (χ0) is 15.8. The maximum Gasteiger partial charge on any atom is 0.187 e. The van der Waals surface area contributed by atoms with Crippen LogP contribution in [0, 0.1) is 5.92 Å². The number of nitrogens with zero attached hydrogens (tertiary/aromatic N) is 2. The van der Waals surface area contributed by atoms with Gasteiger partial charge in [0.2, 0.25) is 0 Å². The van der Waals surface area contributed by atoms with Crippen molar-refractivity contribution in [3.63, 3.8) is 0 Å². The number of ether oxygens (including phenoxy) is 1. The summed E-state index contributed by atoms with van der Waals surface area (Å²) in [4.78, 5) is 14.0. The molecular formula is C17H25N4OS+. The number of hydrogen-bond donors (Lipinski definition) is 2. The highest BCUT2D eigenvalue weighted by Crippen LogP contribution is 2.39. The highest BCUT2D eigenvalue weighted by Gasteiger charge is 2.24. The lowest BCUT2D eigenvalue weighted by molar-refractivity contribution is -0.922. The van der Waals surface area contributed by atoms with E-state index in [2.05, 4.69) is 12.2 Å². The first-order valence-electron chi connectivity index (χ1n) is 8.65. The number of aromatic nitrogens is 2. The van der Waals surface area contributed by atoms with Gasteiger partial charge in [0.1, 0.15) is 30.3 Å². The number of anilines is 1. The van der Waals surface area contributed by atoms with Gasteiger partial charge in [-0.15, -0.1) is 11.3 Å². The lowest BCUT2D eigenvalue weighted by Crippen LogP contribution is -3.12. The molecule has 23 heavy (non-hydrogen) atoms. The lowest BCUT2D eigenvalue weighted by Gasteiger charge is -2.23. The van der Waals surface area contributed by atoms with Gasteiger partial charge in [0, 0.05) is 11.9 Å². The topological polar surface area (TPSA) is 51.5 Å². The van der Waals surface area contributed by atoms with E-state index in [-0.39, 0.29) is 0 Å². The molecular weight excluding hydrogens is 308 g/mol. The van der Waals surface area contributed by atoms with Gasteiger partial charge in [0.05, 0.1) is 18.6 Å². The van der Waals surface area contributed by atoms with Crippen molar-refractivity contribution in [3.8, 4) is 0 Å². The molecule has 1 fully saturated rings. The van der Waals surface area contributed by atoms with Gasteiger partial charge in [0.25, 0.3) is 0 Å². The molecule has 5 nitrogen and oxygen atoms in total. The number of morpholine rings is 1. The minimum Gasteiger partial charge on any atom is -0.372 e. The van der Waals surface area contributed by atoms with E-state index in [9.17, 15) is 0 Å². The van der Waals surface area contributed by atoms with Crippen LogP contribution >= 0.6 is 11.3 Å². The smallest absolute Gasteiger partial charge is 0.187 e. The number of thiophene rings is 1. The molecule has 0 radical (unpaired) electrons. The summed E-state index contributed by atoms with van der Waals surface area (Å²) in [5.41, 5.74) is 1.50. The van der Waals surface area contributed by atoms with Crippen molar-refractivity contribution >= 4 is 27.4 Å². The Morgan fingerprint density at radius 3 is 2.91 bits per heavy atom. The molecule has 0 aromatic carbocycles. The Labute approximate surface area is 141 Å². The minimum absolute atomic E-state index is 0.791. The molecule has 0 unspecified atom stereocenters. The van der Waals surface area contributed by atoms with Gasteiger partial charge >= 0.3 is 0 Å². The summed E-state index contributed by atoms with van der Waals surface area (Å²) in [5, 5.41) is 4.59. The Kier molecular flexibility index (Phi) is 4.22. The summed E-state index contributed by atoms with van der Waals surface area (Å²) in [5.74, 6) is 2.77. The van der Waals surface area contributed by atoms with E-state index in [1.165, 1.54) is 44.8 Å². The number of nitrogens with one attached hydrogen (secondary N) is 2. The third-order valence-electron chi connectivity index (χ3n) is 5.05. The highest BCUT2D eigenvalue weighted by molar-refractivity contribution is 7.19. The van der Waals surface area contributed by atoms with Gasteiger partial charge in [-0.2, -0.15) is 0 Å². The first-order chi connectivity index (χ1) is 11.2. The second kappa shape index (κ2) is 6.34. The monoisotopic (exact) mass is 333 g/mol. The zero-order valence-corrected chi connectivity index (χ0v) is 14.8. The van der Waals surface area contributed by atoms with E-state index in [4.69, 9.17) is 14.7 Å². The molecule has 0 spiro atoms. The molecule has 2 aromatic heterocycles. The second-order valence-electron chi connectivity index (χ2n) is 6.81. The normalized spacial score (nSPS) is 22.3. The largest absolute Gasteiger partial charge is 0.372 e. The van der Waals surface area contributed by atoms with Crippen LogP contribution in [0.4, 0.5) is 5.82 Å². The van der Waals surface area contributed by atoms with Crippen molar-refractivity contribution in [2.24, 2.45) is 5.92 Å².